The Kier molecular flexibility index (Phi) is 24.5. The topological polar surface area (TPSA) is 327 Å². The van der Waals surface area contributed by atoms with Crippen molar-refractivity contribution >= 4 is 109 Å². The summed E-state index contributed by atoms with van der Waals surface area (Å²) in [5, 5.41) is 55.9. The number of β-lactam (4-membered cyclic amide) rings is 3. The molecule has 0 aliphatic carbocycles. The van der Waals surface area contributed by atoms with Crippen LogP contribution in [0.3, 0.4) is 0 Å². The minimum Gasteiger partial charge on any atom is -0.477 e. The van der Waals surface area contributed by atoms with Crippen molar-refractivity contribution in [2.24, 2.45) is 35.5 Å². The van der Waals surface area contributed by atoms with E-state index in [1.54, 1.807) is 81.4 Å². The number of amides is 3. The number of aromatic nitrogens is 2. The van der Waals surface area contributed by atoms with Crippen molar-refractivity contribution in [3.8, 4) is 11.5 Å². The lowest BCUT2D eigenvalue weighted by molar-refractivity contribution is -0.164. The number of carboxylic acids is 1. The maximum atomic E-state index is 14.2. The number of hydrogen-bond acceptors (Lipinski definition) is 25. The molecule has 3 saturated heterocycles. The second-order valence-electron chi connectivity index (χ2n) is 26.7. The number of phosphoric acid groups is 1. The quantitative estimate of drug-likeness (QED) is 0.0112. The fraction of sp³-hybridized carbons (Fsp3) is 0.457. The Morgan fingerprint density at radius 1 is 0.683 bits per heavy atom. The molecule has 0 unspecified atom stereocenters. The summed E-state index contributed by atoms with van der Waals surface area (Å²) in [6.45, 7) is 25.6. The Morgan fingerprint density at radius 2 is 1.15 bits per heavy atom. The fourth-order valence-corrected chi connectivity index (χ4v) is 20.7. The van der Waals surface area contributed by atoms with E-state index in [0.29, 0.717) is 22.2 Å². The van der Waals surface area contributed by atoms with Gasteiger partial charge in [-0.05, 0) is 95.7 Å². The Bertz CT molecular complexity index is 3980. The van der Waals surface area contributed by atoms with Crippen molar-refractivity contribution < 1.29 is 86.3 Å². The lowest BCUT2D eigenvalue weighted by atomic mass is 9.79. The number of esters is 2. The highest BCUT2D eigenvalue weighted by Crippen LogP contribution is 2.59. The van der Waals surface area contributed by atoms with E-state index in [9.17, 15) is 58.9 Å². The van der Waals surface area contributed by atoms with E-state index in [0.717, 1.165) is 44.7 Å². The van der Waals surface area contributed by atoms with Crippen LogP contribution in [0.2, 0.25) is 19.6 Å². The van der Waals surface area contributed by atoms with Crippen LogP contribution in [0.1, 0.15) is 65.8 Å². The van der Waals surface area contributed by atoms with Gasteiger partial charge in [-0.15, -0.1) is 22.7 Å². The number of aliphatic hydroxyl groups is 4. The molecule has 3 amide bonds. The van der Waals surface area contributed by atoms with Gasteiger partial charge in [-0.2, -0.15) is 4.57 Å². The van der Waals surface area contributed by atoms with Crippen LogP contribution in [-0.2, 0) is 51.8 Å². The van der Waals surface area contributed by atoms with Gasteiger partial charge >= 0.3 is 25.7 Å². The summed E-state index contributed by atoms with van der Waals surface area (Å²) < 4.78 is 50.0. The van der Waals surface area contributed by atoms with E-state index < -0.39 is 76.0 Å². The van der Waals surface area contributed by atoms with Gasteiger partial charge in [-0.1, -0.05) is 118 Å². The zero-order chi connectivity index (χ0) is 73.1. The molecule has 0 bridgehead atoms. The molecular formula is C70H86N7O18PS4Si. The molecule has 542 valence electrons. The number of carbonyl (C=O) groups excluding carboxylic acids is 5. The van der Waals surface area contributed by atoms with Gasteiger partial charge in [0.25, 0.3) is 0 Å². The lowest BCUT2D eigenvalue weighted by Crippen LogP contribution is -2.64. The Labute approximate surface area is 604 Å². The highest BCUT2D eigenvalue weighted by Gasteiger charge is 2.64. The molecule has 0 saturated carbocycles. The maximum Gasteiger partial charge on any atom is 0.646 e. The van der Waals surface area contributed by atoms with Gasteiger partial charge in [-0.3, -0.25) is 24.2 Å². The molecule has 8 aliphatic rings. The second-order valence-corrected chi connectivity index (χ2v) is 36.9. The van der Waals surface area contributed by atoms with Crippen LogP contribution in [-0.4, -0.2) is 194 Å². The fourth-order valence-electron chi connectivity index (χ4n) is 13.9. The SMILES string of the molecule is C=CCOC(=O)C1=C(OP(=O)(Oc2ccccc2)Oc2ccccc2)[C@H](C)[C@@H]2[C@@H]([C@@H](C)O[Si](C)(C)C)C(=O)N12.C=CCOC(=O)C1=C(Sc2nc(C3=CCN(C)[C@@H](CO)C3)cs2)[C@H](C)[C@@H]2[C@@H]([C@@H](C)O)C(=O)N12.C[C@@H](O)[C@H]1C(=O)N2C(C(=O)O)=C(Sc3nc(C4=CCN[C@@H](CO)C4)cs3)[C@H](C)[C@H]12. The number of thiazole rings is 2. The van der Waals surface area contributed by atoms with Gasteiger partial charge in [0.2, 0.25) is 17.7 Å². The van der Waals surface area contributed by atoms with Crippen LogP contribution in [0, 0.1) is 35.5 Å². The minimum absolute atomic E-state index is 0.000288. The number of nitrogens with zero attached hydrogens (tertiary/aromatic N) is 6. The van der Waals surface area contributed by atoms with E-state index in [1.165, 1.54) is 73.0 Å². The summed E-state index contributed by atoms with van der Waals surface area (Å²) in [7, 11) is -4.40. The van der Waals surface area contributed by atoms with E-state index in [2.05, 4.69) is 34.4 Å². The molecule has 3 fully saturated rings. The first kappa shape index (κ1) is 76.6. The number of nitrogens with one attached hydrogen (secondary N) is 1. The zero-order valence-electron chi connectivity index (χ0n) is 57.7. The van der Waals surface area contributed by atoms with E-state index in [-0.39, 0.29) is 121 Å². The molecule has 0 spiro atoms. The summed E-state index contributed by atoms with van der Waals surface area (Å²) in [6, 6.07) is 15.9. The largest absolute Gasteiger partial charge is 0.646 e. The van der Waals surface area contributed by atoms with Crippen LogP contribution in [0.25, 0.3) is 11.1 Å². The number of rotatable bonds is 26. The predicted octanol–water partition coefficient (Wildman–Crippen LogP) is 9.17. The van der Waals surface area contributed by atoms with Crippen LogP contribution < -0.4 is 14.4 Å². The summed E-state index contributed by atoms with van der Waals surface area (Å²) in [5.74, 6) is -5.35. The van der Waals surface area contributed by atoms with E-state index in [1.807, 2.05) is 64.3 Å². The van der Waals surface area contributed by atoms with Crippen molar-refractivity contribution in [3.05, 3.63) is 153 Å². The molecule has 14 atom stereocenters. The normalized spacial score (nSPS) is 26.2. The standard InChI is InChI=1S/C28H34NO8PSi.C23H29N3O5S2.C19H23N3O5S2/c1-7-18-33-28(31)25-26(19(2)24-23(27(30)29(24)25)20(3)37-39(4,5)6)36-38(32,34-21-14-10-8-11-15-21)35-22-16-12-9-13-17-22;1-5-8-31-22(30)19-20(12(2)18-17(13(3)28)21(29)26(18)19)33-23-24-16(11-32-23)14-6-7-25(4)15(9-14)10-27;1-8-14-13(9(2)24)17(25)22(14)15(18(26)27)16(8)29-19-21-12(7-28-19)10-3-4-20-11(5-10)6-23/h7-17,19-20,23-24H,1,18H2,2-6H3;5-6,11-13,15,17-18,27-28H,1,7-10H2,2-4H3;3,7-9,11,13-14,20,23-24H,4-6H2,1-2H3,(H,26,27)/t19-,20-,23-,24-;12-,13-,15-,17-,18-;8-,9-,11-,13-,14-/m111/s1. The van der Waals surface area contributed by atoms with Crippen molar-refractivity contribution in [1.29, 1.82) is 0 Å². The third kappa shape index (κ3) is 16.2. The number of aliphatic hydroxyl groups excluding tert-OH is 4. The summed E-state index contributed by atoms with van der Waals surface area (Å²) in [6.07, 6.45) is 6.49. The van der Waals surface area contributed by atoms with Crippen LogP contribution in [0.5, 0.6) is 11.5 Å². The first-order valence-electron chi connectivity index (χ1n) is 33.2. The number of likely N-dealkylation sites (N-methyl/N-ethyl adjacent to an activating group) is 1. The summed E-state index contributed by atoms with van der Waals surface area (Å²) in [4.78, 5) is 93.6. The number of carboxylic acid groups (broad SMARTS) is 1. The number of benzene rings is 2. The summed E-state index contributed by atoms with van der Waals surface area (Å²) >= 11 is 5.59. The number of aliphatic carboxylic acids is 1. The van der Waals surface area contributed by atoms with Crippen molar-refractivity contribution in [2.75, 3.05) is 46.6 Å². The lowest BCUT2D eigenvalue weighted by Gasteiger charge is -2.48. The second kappa shape index (κ2) is 32.3. The molecule has 101 heavy (non-hydrogen) atoms. The molecular weight excluding hydrogens is 1410 g/mol. The van der Waals surface area contributed by atoms with Crippen LogP contribution in [0.15, 0.2) is 150 Å². The van der Waals surface area contributed by atoms with Crippen LogP contribution >= 0.6 is 54.0 Å². The molecule has 10 heterocycles. The first-order valence-corrected chi connectivity index (χ1v) is 41.5. The highest BCUT2D eigenvalue weighted by molar-refractivity contribution is 8.05. The monoisotopic (exact) mass is 1500 g/mol. The third-order valence-corrected chi connectivity index (χ3v) is 25.4. The molecule has 25 nitrogen and oxygen atoms in total. The predicted molar refractivity (Wildman–Crippen MR) is 384 cm³/mol. The van der Waals surface area contributed by atoms with Gasteiger partial charge in [0.05, 0.1) is 78.8 Å². The maximum absolute atomic E-state index is 14.2. The Balaban J connectivity index is 0.000000165. The zero-order valence-corrected chi connectivity index (χ0v) is 62.9. The van der Waals surface area contributed by atoms with E-state index >= 15 is 0 Å². The number of ether oxygens (including phenoxy) is 2. The smallest absolute Gasteiger partial charge is 0.477 e. The third-order valence-electron chi connectivity index (χ3n) is 18.6. The molecule has 31 heteroatoms. The molecule has 2 aromatic carbocycles. The number of para-hydroxylation sites is 2. The number of thioether (sulfide) groups is 2. The number of fused-ring (bicyclic) bond motifs is 3. The number of carbonyl (C=O) groups is 6. The molecule has 2 aromatic heterocycles. The van der Waals surface area contributed by atoms with Gasteiger partial charge in [0.15, 0.2) is 22.7 Å². The van der Waals surface area contributed by atoms with Gasteiger partial charge < -0.3 is 68.1 Å². The van der Waals surface area contributed by atoms with Crippen molar-refractivity contribution in [1.82, 2.24) is 34.9 Å². The summed E-state index contributed by atoms with van der Waals surface area (Å²) in [5.41, 5.74) is 4.00. The van der Waals surface area contributed by atoms with Crippen molar-refractivity contribution in [3.63, 3.8) is 0 Å². The van der Waals surface area contributed by atoms with Crippen molar-refractivity contribution in [2.45, 2.75) is 131 Å². The number of phosphoric ester groups is 1. The molecule has 12 rings (SSSR count). The molecule has 8 aliphatic heterocycles. The van der Waals surface area contributed by atoms with Gasteiger partial charge in [0, 0.05) is 63.5 Å². The highest BCUT2D eigenvalue weighted by atomic mass is 32.2. The molecule has 0 radical (unpaired) electrons. The van der Waals surface area contributed by atoms with Gasteiger partial charge in [0.1, 0.15) is 41.9 Å². The average molecular weight is 1500 g/mol. The minimum atomic E-state index is -4.42. The number of hydrogen-bond donors (Lipinski definition) is 6. The molecule has 6 N–H and O–H groups in total. The van der Waals surface area contributed by atoms with Gasteiger partial charge in [-0.25, -0.2) is 24.4 Å². The molecule has 4 aromatic rings. The van der Waals surface area contributed by atoms with E-state index in [4.69, 9.17) is 32.5 Å². The van der Waals surface area contributed by atoms with Crippen LogP contribution in [0.4, 0.5) is 0 Å². The first-order chi connectivity index (χ1) is 48.0. The average Bonchev–Trinajstić information content (AvgIpc) is 1.58. The Morgan fingerprint density at radius 3 is 1.62 bits per heavy atom. The Hall–Kier alpha value is -7.03.